The second kappa shape index (κ2) is 12.1. The fraction of sp³-hybridized carbons (Fsp3) is 0. The highest BCUT2D eigenvalue weighted by Crippen LogP contribution is 2.46. The summed E-state index contributed by atoms with van der Waals surface area (Å²) in [5, 5.41) is 6.45. The monoisotopic (exact) mass is 690 g/mol. The van der Waals surface area contributed by atoms with Gasteiger partial charge in [0.05, 0.1) is 16.7 Å². The van der Waals surface area contributed by atoms with Crippen LogP contribution in [0.3, 0.4) is 0 Å². The van der Waals surface area contributed by atoms with Crippen molar-refractivity contribution in [3.8, 4) is 51.0 Å². The fourth-order valence-electron chi connectivity index (χ4n) is 8.04. The van der Waals surface area contributed by atoms with E-state index in [1.54, 1.807) is 0 Å². The summed E-state index contributed by atoms with van der Waals surface area (Å²) in [6, 6.07) is 63.1. The summed E-state index contributed by atoms with van der Waals surface area (Å²) in [5.74, 6) is 1.82. The Balaban J connectivity index is 1.29. The van der Waals surface area contributed by atoms with E-state index in [0.717, 1.165) is 77.2 Å². The van der Waals surface area contributed by atoms with Gasteiger partial charge in [0.2, 0.25) is 0 Å². The Morgan fingerprint density at radius 2 is 0.889 bits per heavy atom. The van der Waals surface area contributed by atoms with Gasteiger partial charge in [0.15, 0.2) is 23.1 Å². The van der Waals surface area contributed by atoms with Crippen LogP contribution >= 0.6 is 0 Å². The molecule has 0 unspecified atom stereocenters. The number of furan rings is 1. The van der Waals surface area contributed by atoms with Gasteiger partial charge in [-0.3, -0.25) is 0 Å². The summed E-state index contributed by atoms with van der Waals surface area (Å²) < 4.78 is 9.61. The number of hydrogen-bond donors (Lipinski definition) is 0. The molecule has 5 nitrogen and oxygen atoms in total. The molecule has 0 aliphatic heterocycles. The van der Waals surface area contributed by atoms with Crippen molar-refractivity contribution in [2.24, 2.45) is 0 Å². The van der Waals surface area contributed by atoms with Crippen LogP contribution in [0.15, 0.2) is 186 Å². The number of rotatable bonds is 5. The van der Waals surface area contributed by atoms with Crippen molar-refractivity contribution in [2.45, 2.75) is 0 Å². The molecule has 5 heteroatoms. The molecule has 11 aromatic rings. The van der Waals surface area contributed by atoms with Crippen molar-refractivity contribution in [1.82, 2.24) is 19.5 Å². The number of hydrogen-bond acceptors (Lipinski definition) is 4. The van der Waals surface area contributed by atoms with Crippen LogP contribution in [-0.4, -0.2) is 19.5 Å². The smallest absolute Gasteiger partial charge is 0.164 e. The molecule has 0 fully saturated rings. The van der Waals surface area contributed by atoms with Crippen LogP contribution in [0.25, 0.3) is 105 Å². The summed E-state index contributed by atoms with van der Waals surface area (Å²) in [7, 11) is 0. The Labute approximate surface area is 310 Å². The number of benzene rings is 8. The summed E-state index contributed by atoms with van der Waals surface area (Å²) in [4.78, 5) is 15.4. The first-order valence-electron chi connectivity index (χ1n) is 18.1. The van der Waals surface area contributed by atoms with Crippen molar-refractivity contribution < 1.29 is 4.42 Å². The van der Waals surface area contributed by atoms with E-state index in [-0.39, 0.29) is 0 Å². The maximum absolute atomic E-state index is 7.28. The summed E-state index contributed by atoms with van der Waals surface area (Å²) >= 11 is 0. The lowest BCUT2D eigenvalue weighted by atomic mass is 9.93. The van der Waals surface area contributed by atoms with Crippen LogP contribution in [-0.2, 0) is 0 Å². The number of para-hydroxylation sites is 3. The first-order valence-corrected chi connectivity index (χ1v) is 18.1. The summed E-state index contributed by atoms with van der Waals surface area (Å²) in [6.45, 7) is 0. The van der Waals surface area contributed by atoms with Gasteiger partial charge < -0.3 is 8.98 Å². The third kappa shape index (κ3) is 4.69. The van der Waals surface area contributed by atoms with Crippen molar-refractivity contribution in [2.75, 3.05) is 0 Å². The second-order valence-electron chi connectivity index (χ2n) is 13.6. The number of nitrogens with zero attached hydrogens (tertiary/aromatic N) is 4. The van der Waals surface area contributed by atoms with E-state index in [0.29, 0.717) is 17.5 Å². The minimum atomic E-state index is 0.588. The van der Waals surface area contributed by atoms with Crippen molar-refractivity contribution >= 4 is 54.5 Å². The van der Waals surface area contributed by atoms with Crippen LogP contribution in [0, 0.1) is 0 Å². The molecule has 0 saturated carbocycles. The quantitative estimate of drug-likeness (QED) is 0.180. The number of aromatic nitrogens is 4. The van der Waals surface area contributed by atoms with Crippen LogP contribution in [0.1, 0.15) is 0 Å². The highest BCUT2D eigenvalue weighted by Gasteiger charge is 2.24. The molecular weight excluding hydrogens is 661 g/mol. The predicted molar refractivity (Wildman–Crippen MR) is 221 cm³/mol. The minimum Gasteiger partial charge on any atom is -0.453 e. The molecule has 54 heavy (non-hydrogen) atoms. The van der Waals surface area contributed by atoms with Gasteiger partial charge >= 0.3 is 0 Å². The van der Waals surface area contributed by atoms with Crippen LogP contribution < -0.4 is 0 Å². The Morgan fingerprint density at radius 1 is 0.370 bits per heavy atom. The van der Waals surface area contributed by atoms with Gasteiger partial charge in [-0.05, 0) is 40.8 Å². The molecule has 3 heterocycles. The third-order valence-electron chi connectivity index (χ3n) is 10.4. The van der Waals surface area contributed by atoms with Gasteiger partial charge in [-0.15, -0.1) is 0 Å². The molecule has 0 spiro atoms. The lowest BCUT2D eigenvalue weighted by Crippen LogP contribution is -2.00. The lowest BCUT2D eigenvalue weighted by molar-refractivity contribution is 0.670. The van der Waals surface area contributed by atoms with E-state index in [1.807, 2.05) is 60.7 Å². The van der Waals surface area contributed by atoms with Gasteiger partial charge in [0.25, 0.3) is 0 Å². The summed E-state index contributed by atoms with van der Waals surface area (Å²) in [6.07, 6.45) is 0. The largest absolute Gasteiger partial charge is 0.453 e. The van der Waals surface area contributed by atoms with Gasteiger partial charge in [0.1, 0.15) is 5.58 Å². The molecule has 0 atom stereocenters. The molecule has 0 radical (unpaired) electrons. The molecule has 11 rings (SSSR count). The zero-order valence-electron chi connectivity index (χ0n) is 29.0. The van der Waals surface area contributed by atoms with Crippen molar-refractivity contribution in [3.05, 3.63) is 182 Å². The van der Waals surface area contributed by atoms with Gasteiger partial charge in [-0.25, -0.2) is 15.0 Å². The minimum absolute atomic E-state index is 0.588. The molecule has 0 N–H and O–H groups in total. The highest BCUT2D eigenvalue weighted by atomic mass is 16.3. The second-order valence-corrected chi connectivity index (χ2v) is 13.6. The van der Waals surface area contributed by atoms with Gasteiger partial charge in [0, 0.05) is 43.6 Å². The molecule has 0 aliphatic carbocycles. The molecule has 8 aromatic carbocycles. The topological polar surface area (TPSA) is 56.7 Å². The van der Waals surface area contributed by atoms with E-state index < -0.39 is 0 Å². The zero-order valence-corrected chi connectivity index (χ0v) is 29.0. The van der Waals surface area contributed by atoms with Crippen molar-refractivity contribution in [1.29, 1.82) is 0 Å². The third-order valence-corrected chi connectivity index (χ3v) is 10.4. The average molecular weight is 691 g/mol. The molecule has 0 saturated heterocycles. The Bertz CT molecular complexity index is 3090. The molecule has 0 bridgehead atoms. The van der Waals surface area contributed by atoms with Gasteiger partial charge in [-0.1, -0.05) is 158 Å². The van der Waals surface area contributed by atoms with E-state index >= 15 is 0 Å². The molecular formula is C49H30N4O. The van der Waals surface area contributed by atoms with E-state index in [4.69, 9.17) is 19.4 Å². The Kier molecular flexibility index (Phi) is 6.79. The van der Waals surface area contributed by atoms with Crippen LogP contribution in [0.2, 0.25) is 0 Å². The predicted octanol–water partition coefficient (Wildman–Crippen LogP) is 12.7. The highest BCUT2D eigenvalue weighted by molar-refractivity contribution is 6.25. The SMILES string of the molecule is c1ccc(-c2nc(-c3ccccc3)nc(-c3cc4cccc(-c5ccccc5)c4c4oc5c(-n6c7ccccc7c7ccccc76)cccc5c34)n2)cc1. The maximum atomic E-state index is 7.28. The Hall–Kier alpha value is -7.37. The van der Waals surface area contributed by atoms with E-state index in [9.17, 15) is 0 Å². The standard InChI is InChI=1S/C49H30N4O/c1-4-16-31(17-5-1)35-25-14-22-34-30-39(49-51-47(32-18-6-2-7-19-32)50-48(52-49)33-20-8-3-9-21-33)44-38-26-15-29-42(45(38)54-46(44)43(34)35)53-40-27-12-10-23-36(40)37-24-11-13-28-41(37)53/h1-30H. The van der Waals surface area contributed by atoms with Gasteiger partial charge in [-0.2, -0.15) is 0 Å². The van der Waals surface area contributed by atoms with Crippen LogP contribution in [0.5, 0.6) is 0 Å². The first-order chi connectivity index (χ1) is 26.8. The van der Waals surface area contributed by atoms with E-state index in [2.05, 4.69) is 126 Å². The lowest BCUT2D eigenvalue weighted by Gasteiger charge is -2.12. The molecule has 252 valence electrons. The molecule has 3 aromatic heterocycles. The van der Waals surface area contributed by atoms with Crippen LogP contribution in [0.4, 0.5) is 0 Å². The first kappa shape index (κ1) is 30.3. The summed E-state index contributed by atoms with van der Waals surface area (Å²) in [5.41, 5.74) is 9.79. The normalized spacial score (nSPS) is 11.7. The maximum Gasteiger partial charge on any atom is 0.164 e. The van der Waals surface area contributed by atoms with Crippen molar-refractivity contribution in [3.63, 3.8) is 0 Å². The molecule has 0 amide bonds. The van der Waals surface area contributed by atoms with E-state index in [1.165, 1.54) is 10.8 Å². The molecule has 0 aliphatic rings. The number of fused-ring (bicyclic) bond motifs is 8. The average Bonchev–Trinajstić information content (AvgIpc) is 3.81. The zero-order chi connectivity index (χ0) is 35.6. The Morgan fingerprint density at radius 3 is 1.52 bits per heavy atom. The fourth-order valence-corrected chi connectivity index (χ4v) is 8.04.